The van der Waals surface area contributed by atoms with Gasteiger partial charge in [-0.05, 0) is 13.0 Å². The highest BCUT2D eigenvalue weighted by atomic mass is 16.1. The molecule has 0 aromatic rings. The largest absolute Gasteiger partial charge is 0.298 e. The van der Waals surface area contributed by atoms with E-state index in [4.69, 9.17) is 0 Å². The van der Waals surface area contributed by atoms with E-state index in [1.807, 2.05) is 27.0 Å². The van der Waals surface area contributed by atoms with Crippen LogP contribution in [0.3, 0.4) is 0 Å². The summed E-state index contributed by atoms with van der Waals surface area (Å²) in [7, 11) is 1.98. The van der Waals surface area contributed by atoms with Crippen LogP contribution in [0.5, 0.6) is 0 Å². The van der Waals surface area contributed by atoms with Gasteiger partial charge >= 0.3 is 0 Å². The van der Waals surface area contributed by atoms with E-state index in [9.17, 15) is 4.79 Å². The van der Waals surface area contributed by atoms with Gasteiger partial charge in [0.15, 0.2) is 5.78 Å². The first kappa shape index (κ1) is 13.4. The molecular weight excluding hydrogens is 174 g/mol. The van der Waals surface area contributed by atoms with Crippen LogP contribution in [0.15, 0.2) is 12.7 Å². The molecule has 0 saturated heterocycles. The topological polar surface area (TPSA) is 20.3 Å². The van der Waals surface area contributed by atoms with E-state index in [0.717, 1.165) is 6.54 Å². The Morgan fingerprint density at radius 1 is 1.36 bits per heavy atom. The van der Waals surface area contributed by atoms with Gasteiger partial charge in [-0.15, -0.1) is 6.58 Å². The lowest BCUT2D eigenvalue weighted by Crippen LogP contribution is -2.44. The van der Waals surface area contributed by atoms with Crippen molar-refractivity contribution in [3.8, 4) is 0 Å². The SMILES string of the molecule is C=CCN(C)C(C(=O)C(C)C)C(C)C. The average Bonchev–Trinajstić information content (AvgIpc) is 2.03. The van der Waals surface area contributed by atoms with Gasteiger partial charge in [0.05, 0.1) is 6.04 Å². The summed E-state index contributed by atoms with van der Waals surface area (Å²) < 4.78 is 0. The van der Waals surface area contributed by atoms with E-state index in [1.165, 1.54) is 0 Å². The highest BCUT2D eigenvalue weighted by molar-refractivity contribution is 5.85. The third-order valence-electron chi connectivity index (χ3n) is 2.38. The zero-order chi connectivity index (χ0) is 11.3. The number of carbonyl (C=O) groups is 1. The number of rotatable bonds is 6. The van der Waals surface area contributed by atoms with E-state index < -0.39 is 0 Å². The Morgan fingerprint density at radius 3 is 2.14 bits per heavy atom. The van der Waals surface area contributed by atoms with Gasteiger partial charge in [-0.1, -0.05) is 33.8 Å². The number of ketones is 1. The van der Waals surface area contributed by atoms with E-state index in [0.29, 0.717) is 11.7 Å². The van der Waals surface area contributed by atoms with Gasteiger partial charge in [0, 0.05) is 12.5 Å². The van der Waals surface area contributed by atoms with Crippen LogP contribution < -0.4 is 0 Å². The van der Waals surface area contributed by atoms with Gasteiger partial charge < -0.3 is 0 Å². The molecule has 1 unspecified atom stereocenters. The molecular formula is C12H23NO. The normalized spacial score (nSPS) is 13.7. The Morgan fingerprint density at radius 2 is 1.86 bits per heavy atom. The molecule has 0 rings (SSSR count). The van der Waals surface area contributed by atoms with E-state index in [-0.39, 0.29) is 12.0 Å². The zero-order valence-corrected chi connectivity index (χ0v) is 10.1. The van der Waals surface area contributed by atoms with Crippen molar-refractivity contribution < 1.29 is 4.79 Å². The third kappa shape index (κ3) is 3.62. The van der Waals surface area contributed by atoms with Gasteiger partial charge in [0.2, 0.25) is 0 Å². The Labute approximate surface area is 88.0 Å². The van der Waals surface area contributed by atoms with Crippen LogP contribution in [-0.2, 0) is 4.79 Å². The summed E-state index contributed by atoms with van der Waals surface area (Å²) in [6, 6.07) is 0.0213. The molecule has 0 bridgehead atoms. The highest BCUT2D eigenvalue weighted by Crippen LogP contribution is 2.14. The van der Waals surface area contributed by atoms with Crippen molar-refractivity contribution in [3.05, 3.63) is 12.7 Å². The third-order valence-corrected chi connectivity index (χ3v) is 2.38. The fraction of sp³-hybridized carbons (Fsp3) is 0.750. The Kier molecular flexibility index (Phi) is 5.70. The average molecular weight is 197 g/mol. The first-order valence-corrected chi connectivity index (χ1v) is 5.26. The van der Waals surface area contributed by atoms with E-state index >= 15 is 0 Å². The van der Waals surface area contributed by atoms with Gasteiger partial charge in [-0.25, -0.2) is 0 Å². The smallest absolute Gasteiger partial charge is 0.152 e. The van der Waals surface area contributed by atoms with Crippen LogP contribution in [0.25, 0.3) is 0 Å². The fourth-order valence-electron chi connectivity index (χ4n) is 1.71. The molecule has 0 spiro atoms. The summed E-state index contributed by atoms with van der Waals surface area (Å²) in [5, 5.41) is 0. The maximum absolute atomic E-state index is 11.9. The van der Waals surface area contributed by atoms with E-state index in [1.54, 1.807) is 0 Å². The minimum absolute atomic E-state index is 0.0213. The van der Waals surface area contributed by atoms with Crippen molar-refractivity contribution in [2.24, 2.45) is 11.8 Å². The van der Waals surface area contributed by atoms with Crippen LogP contribution in [0.2, 0.25) is 0 Å². The predicted molar refractivity (Wildman–Crippen MR) is 61.3 cm³/mol. The standard InChI is InChI=1S/C12H23NO/c1-7-8-13(6)11(9(2)3)12(14)10(4)5/h7,9-11H,1,8H2,2-6H3. The fourth-order valence-corrected chi connectivity index (χ4v) is 1.71. The van der Waals surface area contributed by atoms with Crippen molar-refractivity contribution in [2.45, 2.75) is 33.7 Å². The van der Waals surface area contributed by atoms with Gasteiger partial charge in [-0.3, -0.25) is 9.69 Å². The lowest BCUT2D eigenvalue weighted by Gasteiger charge is -2.30. The van der Waals surface area contributed by atoms with Crippen molar-refractivity contribution in [2.75, 3.05) is 13.6 Å². The molecule has 0 amide bonds. The van der Waals surface area contributed by atoms with Crippen LogP contribution >= 0.6 is 0 Å². The maximum Gasteiger partial charge on any atom is 0.152 e. The number of carbonyl (C=O) groups excluding carboxylic acids is 1. The van der Waals surface area contributed by atoms with Crippen LogP contribution in [0.4, 0.5) is 0 Å². The Bertz CT molecular complexity index is 196. The summed E-state index contributed by atoms with van der Waals surface area (Å²) in [6.07, 6.45) is 1.84. The number of Topliss-reactive ketones (excluding diaryl/α,β-unsaturated/α-hetero) is 1. The summed E-state index contributed by atoms with van der Waals surface area (Å²) in [5.74, 6) is 0.786. The lowest BCUT2D eigenvalue weighted by molar-refractivity contribution is -0.128. The molecule has 0 N–H and O–H groups in total. The minimum atomic E-state index is 0.0213. The van der Waals surface area contributed by atoms with Gasteiger partial charge in [-0.2, -0.15) is 0 Å². The van der Waals surface area contributed by atoms with Crippen molar-refractivity contribution in [1.82, 2.24) is 4.90 Å². The molecule has 82 valence electrons. The minimum Gasteiger partial charge on any atom is -0.298 e. The maximum atomic E-state index is 11.9. The Hall–Kier alpha value is -0.630. The monoisotopic (exact) mass is 197 g/mol. The molecule has 2 heteroatoms. The van der Waals surface area contributed by atoms with Crippen LogP contribution in [-0.4, -0.2) is 30.3 Å². The van der Waals surface area contributed by atoms with Gasteiger partial charge in [0.1, 0.15) is 0 Å². The van der Waals surface area contributed by atoms with Crippen LogP contribution in [0.1, 0.15) is 27.7 Å². The summed E-state index contributed by atoms with van der Waals surface area (Å²) in [4.78, 5) is 14.0. The zero-order valence-electron chi connectivity index (χ0n) is 10.1. The van der Waals surface area contributed by atoms with Crippen molar-refractivity contribution in [3.63, 3.8) is 0 Å². The molecule has 0 aliphatic rings. The molecule has 14 heavy (non-hydrogen) atoms. The first-order chi connectivity index (χ1) is 6.41. The second-order valence-corrected chi connectivity index (χ2v) is 4.47. The lowest BCUT2D eigenvalue weighted by atomic mass is 9.92. The Balaban J connectivity index is 4.58. The molecule has 0 aromatic carbocycles. The highest BCUT2D eigenvalue weighted by Gasteiger charge is 2.27. The molecule has 0 heterocycles. The second kappa shape index (κ2) is 5.97. The van der Waals surface area contributed by atoms with Gasteiger partial charge in [0.25, 0.3) is 0 Å². The summed E-state index contributed by atoms with van der Waals surface area (Å²) in [5.41, 5.74) is 0. The second-order valence-electron chi connectivity index (χ2n) is 4.47. The molecule has 0 aliphatic carbocycles. The van der Waals surface area contributed by atoms with Crippen molar-refractivity contribution in [1.29, 1.82) is 0 Å². The summed E-state index contributed by atoms with van der Waals surface area (Å²) >= 11 is 0. The van der Waals surface area contributed by atoms with E-state index in [2.05, 4.69) is 25.3 Å². The number of likely N-dealkylation sites (N-methyl/N-ethyl adjacent to an activating group) is 1. The molecule has 0 radical (unpaired) electrons. The molecule has 0 fully saturated rings. The molecule has 0 aromatic heterocycles. The quantitative estimate of drug-likeness (QED) is 0.609. The first-order valence-electron chi connectivity index (χ1n) is 5.26. The molecule has 2 nitrogen and oxygen atoms in total. The van der Waals surface area contributed by atoms with Crippen LogP contribution in [0, 0.1) is 11.8 Å². The number of hydrogen-bond donors (Lipinski definition) is 0. The molecule has 0 aliphatic heterocycles. The number of nitrogens with zero attached hydrogens (tertiary/aromatic N) is 1. The number of hydrogen-bond acceptors (Lipinski definition) is 2. The van der Waals surface area contributed by atoms with Crippen molar-refractivity contribution >= 4 is 5.78 Å². The molecule has 0 saturated carbocycles. The predicted octanol–water partition coefficient (Wildman–Crippen LogP) is 2.35. The molecule has 1 atom stereocenters. The summed E-state index contributed by atoms with van der Waals surface area (Å²) in [6.45, 7) is 12.6.